The zero-order valence-corrected chi connectivity index (χ0v) is 13.9. The first-order chi connectivity index (χ1) is 10.1. The van der Waals surface area contributed by atoms with Gasteiger partial charge in [0, 0.05) is 24.7 Å². The van der Waals surface area contributed by atoms with E-state index in [2.05, 4.69) is 0 Å². The molecular weight excluding hydrogens is 330 g/mol. The first kappa shape index (κ1) is 17.1. The number of nitrogens with zero attached hydrogens (tertiary/aromatic N) is 2. The Balaban J connectivity index is 2.45. The van der Waals surface area contributed by atoms with Crippen LogP contribution in [0.5, 0.6) is 0 Å². The monoisotopic (exact) mass is 347 g/mol. The summed E-state index contributed by atoms with van der Waals surface area (Å²) < 4.78 is 26.7. The maximum atomic E-state index is 12.7. The number of sulfonamides is 1. The van der Waals surface area contributed by atoms with Gasteiger partial charge in [-0.2, -0.15) is 4.31 Å². The average Bonchev–Trinajstić information content (AvgIpc) is 2.85. The lowest BCUT2D eigenvalue weighted by molar-refractivity contribution is -0.385. The molecule has 1 aromatic carbocycles. The highest BCUT2D eigenvalue weighted by Gasteiger charge is 2.39. The molecule has 1 aliphatic rings. The van der Waals surface area contributed by atoms with Gasteiger partial charge < -0.3 is 5.73 Å². The zero-order chi connectivity index (χ0) is 16.7. The van der Waals surface area contributed by atoms with Crippen LogP contribution in [0.15, 0.2) is 17.0 Å². The predicted octanol–water partition coefficient (Wildman–Crippen LogP) is 1.92. The van der Waals surface area contributed by atoms with E-state index in [1.165, 1.54) is 17.3 Å². The van der Waals surface area contributed by atoms with E-state index in [1.54, 1.807) is 0 Å². The Kier molecular flexibility index (Phi) is 4.49. The summed E-state index contributed by atoms with van der Waals surface area (Å²) >= 11 is 5.95. The van der Waals surface area contributed by atoms with Gasteiger partial charge in [0.15, 0.2) is 0 Å². The Morgan fingerprint density at radius 2 is 2.14 bits per heavy atom. The second-order valence-electron chi connectivity index (χ2n) is 5.91. The third-order valence-corrected chi connectivity index (χ3v) is 6.36. The van der Waals surface area contributed by atoms with Crippen LogP contribution >= 0.6 is 11.6 Å². The second kappa shape index (κ2) is 5.77. The number of halogens is 1. The Morgan fingerprint density at radius 1 is 1.50 bits per heavy atom. The third-order valence-electron chi connectivity index (χ3n) is 4.14. The van der Waals surface area contributed by atoms with Gasteiger partial charge in [0.05, 0.1) is 14.8 Å². The van der Waals surface area contributed by atoms with E-state index in [4.69, 9.17) is 17.3 Å². The van der Waals surface area contributed by atoms with Crippen LogP contribution in [-0.4, -0.2) is 37.3 Å². The molecule has 9 heteroatoms. The minimum Gasteiger partial charge on any atom is -0.330 e. The predicted molar refractivity (Wildman–Crippen MR) is 83.4 cm³/mol. The maximum Gasteiger partial charge on any atom is 0.275 e. The fourth-order valence-electron chi connectivity index (χ4n) is 2.48. The zero-order valence-electron chi connectivity index (χ0n) is 12.4. The summed E-state index contributed by atoms with van der Waals surface area (Å²) in [4.78, 5) is 10.3. The summed E-state index contributed by atoms with van der Waals surface area (Å²) in [5, 5.41) is 11.1. The molecule has 0 radical (unpaired) electrons. The van der Waals surface area contributed by atoms with Crippen molar-refractivity contribution in [3.63, 3.8) is 0 Å². The molecule has 7 nitrogen and oxygen atoms in total. The fraction of sp³-hybridized carbons (Fsp3) is 0.538. The minimum atomic E-state index is -3.83. The lowest BCUT2D eigenvalue weighted by Crippen LogP contribution is -2.34. The third kappa shape index (κ3) is 2.96. The van der Waals surface area contributed by atoms with E-state index in [-0.39, 0.29) is 26.6 Å². The van der Waals surface area contributed by atoms with Crippen LogP contribution in [0, 0.1) is 22.5 Å². The van der Waals surface area contributed by atoms with Gasteiger partial charge in [-0.25, -0.2) is 8.42 Å². The van der Waals surface area contributed by atoms with Gasteiger partial charge in [-0.3, -0.25) is 10.1 Å². The molecule has 2 rings (SSSR count). The first-order valence-corrected chi connectivity index (χ1v) is 8.57. The standard InChI is InChI=1S/C13H18ClN3O4S/c1-9-11(14)5-10(6-12(9)17(18)19)22(20,21)16-4-3-13(2,7-15)8-16/h5-6H,3-4,7-8,15H2,1-2H3. The fourth-order valence-corrected chi connectivity index (χ4v) is 4.40. The molecular formula is C13H18ClN3O4S. The smallest absolute Gasteiger partial charge is 0.275 e. The van der Waals surface area contributed by atoms with Crippen molar-refractivity contribution in [3.8, 4) is 0 Å². The summed E-state index contributed by atoms with van der Waals surface area (Å²) in [6, 6.07) is 2.33. The molecule has 1 unspecified atom stereocenters. The number of rotatable bonds is 4. The van der Waals surface area contributed by atoms with E-state index in [0.717, 1.165) is 6.07 Å². The van der Waals surface area contributed by atoms with Gasteiger partial charge in [-0.15, -0.1) is 0 Å². The quantitative estimate of drug-likeness (QED) is 0.661. The topological polar surface area (TPSA) is 107 Å². The molecule has 0 spiro atoms. The molecule has 0 amide bonds. The van der Waals surface area contributed by atoms with Crippen molar-refractivity contribution in [2.24, 2.45) is 11.1 Å². The molecule has 1 aliphatic heterocycles. The van der Waals surface area contributed by atoms with Crippen molar-refractivity contribution < 1.29 is 13.3 Å². The molecule has 1 fully saturated rings. The molecule has 0 saturated carbocycles. The van der Waals surface area contributed by atoms with E-state index in [0.29, 0.717) is 26.1 Å². The number of hydrogen-bond acceptors (Lipinski definition) is 5. The van der Waals surface area contributed by atoms with Gasteiger partial charge in [0.2, 0.25) is 10.0 Å². The normalized spacial score (nSPS) is 22.9. The summed E-state index contributed by atoms with van der Waals surface area (Å²) in [5.41, 5.74) is 5.37. The Hall–Kier alpha value is -1.22. The number of benzene rings is 1. The van der Waals surface area contributed by atoms with Crippen LogP contribution in [0.1, 0.15) is 18.9 Å². The Labute approximate surface area is 134 Å². The Morgan fingerprint density at radius 3 is 2.64 bits per heavy atom. The van der Waals surface area contributed by atoms with Crippen molar-refractivity contribution >= 4 is 27.3 Å². The highest BCUT2D eigenvalue weighted by atomic mass is 35.5. The van der Waals surface area contributed by atoms with Gasteiger partial charge in [-0.1, -0.05) is 18.5 Å². The van der Waals surface area contributed by atoms with Crippen molar-refractivity contribution in [2.45, 2.75) is 25.2 Å². The van der Waals surface area contributed by atoms with E-state index in [9.17, 15) is 18.5 Å². The van der Waals surface area contributed by atoms with E-state index < -0.39 is 14.9 Å². The van der Waals surface area contributed by atoms with E-state index in [1.807, 2.05) is 6.92 Å². The maximum absolute atomic E-state index is 12.7. The molecule has 122 valence electrons. The van der Waals surface area contributed by atoms with Gasteiger partial charge in [0.1, 0.15) is 0 Å². The average molecular weight is 348 g/mol. The molecule has 0 aromatic heterocycles. The lowest BCUT2D eigenvalue weighted by atomic mass is 9.90. The molecule has 0 aliphatic carbocycles. The van der Waals surface area contributed by atoms with Crippen LogP contribution in [-0.2, 0) is 10.0 Å². The van der Waals surface area contributed by atoms with Gasteiger partial charge >= 0.3 is 0 Å². The molecule has 1 heterocycles. The lowest BCUT2D eigenvalue weighted by Gasteiger charge is -2.22. The second-order valence-corrected chi connectivity index (χ2v) is 8.25. The Bertz CT molecular complexity index is 722. The van der Waals surface area contributed by atoms with E-state index >= 15 is 0 Å². The molecule has 1 atom stereocenters. The number of nitro benzene ring substituents is 1. The largest absolute Gasteiger partial charge is 0.330 e. The molecule has 0 bridgehead atoms. The summed E-state index contributed by atoms with van der Waals surface area (Å²) in [6.45, 7) is 4.43. The minimum absolute atomic E-state index is 0.0635. The highest BCUT2D eigenvalue weighted by molar-refractivity contribution is 7.89. The van der Waals surface area contributed by atoms with Gasteiger partial charge in [-0.05, 0) is 31.4 Å². The summed E-state index contributed by atoms with van der Waals surface area (Å²) in [5.74, 6) is 0. The van der Waals surface area contributed by atoms with Crippen LogP contribution in [0.3, 0.4) is 0 Å². The highest BCUT2D eigenvalue weighted by Crippen LogP contribution is 2.35. The molecule has 1 saturated heterocycles. The van der Waals surface area contributed by atoms with Crippen molar-refractivity contribution in [2.75, 3.05) is 19.6 Å². The number of hydrogen-bond donors (Lipinski definition) is 1. The molecule has 1 aromatic rings. The van der Waals surface area contributed by atoms with Crippen LogP contribution in [0.4, 0.5) is 5.69 Å². The van der Waals surface area contributed by atoms with Crippen molar-refractivity contribution in [1.29, 1.82) is 0 Å². The first-order valence-electron chi connectivity index (χ1n) is 6.75. The summed E-state index contributed by atoms with van der Waals surface area (Å²) in [7, 11) is -3.83. The van der Waals surface area contributed by atoms with Gasteiger partial charge in [0.25, 0.3) is 5.69 Å². The van der Waals surface area contributed by atoms with Crippen LogP contribution in [0.2, 0.25) is 5.02 Å². The number of nitrogens with two attached hydrogens (primary N) is 1. The van der Waals surface area contributed by atoms with Crippen molar-refractivity contribution in [3.05, 3.63) is 32.8 Å². The van der Waals surface area contributed by atoms with Crippen LogP contribution in [0.25, 0.3) is 0 Å². The van der Waals surface area contributed by atoms with Crippen molar-refractivity contribution in [1.82, 2.24) is 4.31 Å². The van der Waals surface area contributed by atoms with Crippen LogP contribution < -0.4 is 5.73 Å². The molecule has 22 heavy (non-hydrogen) atoms. The SMILES string of the molecule is Cc1c(Cl)cc(S(=O)(=O)N2CCC(C)(CN)C2)cc1[N+](=O)[O-]. The number of nitro groups is 1. The molecule has 2 N–H and O–H groups in total. The summed E-state index contributed by atoms with van der Waals surface area (Å²) in [6.07, 6.45) is 0.657.